The van der Waals surface area contributed by atoms with Crippen LogP contribution in [0.4, 0.5) is 11.5 Å². The van der Waals surface area contributed by atoms with Gasteiger partial charge in [-0.15, -0.1) is 11.8 Å². The first kappa shape index (κ1) is 21.0. The molecule has 0 fully saturated rings. The van der Waals surface area contributed by atoms with Crippen molar-refractivity contribution < 1.29 is 23.6 Å². The van der Waals surface area contributed by atoms with Gasteiger partial charge in [-0.2, -0.15) is 5.26 Å². The maximum Gasteiger partial charge on any atom is 0.316 e. The largest absolute Gasteiger partial charge is 0.452 e. The highest BCUT2D eigenvalue weighted by atomic mass is 32.2. The number of aryl methyl sites for hydroxylation is 1. The van der Waals surface area contributed by atoms with Gasteiger partial charge in [-0.05, 0) is 38.1 Å². The molecule has 1 atom stereocenters. The fourth-order valence-electron chi connectivity index (χ4n) is 1.99. The third-order valence-corrected chi connectivity index (χ3v) is 4.21. The number of benzene rings is 1. The number of hydrogen-bond acceptors (Lipinski definition) is 8. The van der Waals surface area contributed by atoms with E-state index in [1.54, 1.807) is 37.3 Å². The van der Waals surface area contributed by atoms with E-state index >= 15 is 0 Å². The standard InChI is InChI=1S/C18H18N4O5S/c1-11-7-15(22-27-11)21-16(23)9-28-10-17(24)26-12(2)18(25)20-14-5-3-13(8-19)4-6-14/h3-7,12H,9-10H2,1-2H3,(H,20,25)(H,21,22,23)/t12-/m1/s1. The second-order valence-electron chi connectivity index (χ2n) is 5.67. The molecule has 0 saturated heterocycles. The fourth-order valence-corrected chi connectivity index (χ4v) is 2.58. The predicted octanol–water partition coefficient (Wildman–Crippen LogP) is 2.10. The summed E-state index contributed by atoms with van der Waals surface area (Å²) in [5.74, 6) is -0.636. The topological polar surface area (TPSA) is 134 Å². The Morgan fingerprint density at radius 3 is 2.57 bits per heavy atom. The van der Waals surface area contributed by atoms with E-state index in [1.165, 1.54) is 6.92 Å². The van der Waals surface area contributed by atoms with Gasteiger partial charge in [0, 0.05) is 11.8 Å². The second kappa shape index (κ2) is 10.1. The molecule has 2 N–H and O–H groups in total. The van der Waals surface area contributed by atoms with Gasteiger partial charge in [-0.25, -0.2) is 0 Å². The minimum absolute atomic E-state index is 0.0207. The molecule has 0 aliphatic heterocycles. The number of esters is 1. The van der Waals surface area contributed by atoms with Gasteiger partial charge in [0.1, 0.15) is 5.76 Å². The van der Waals surface area contributed by atoms with Crippen LogP contribution in [-0.2, 0) is 19.1 Å². The molecule has 0 unspecified atom stereocenters. The number of ether oxygens (including phenoxy) is 1. The number of rotatable bonds is 8. The highest BCUT2D eigenvalue weighted by Gasteiger charge is 2.18. The maximum absolute atomic E-state index is 12.0. The summed E-state index contributed by atoms with van der Waals surface area (Å²) >= 11 is 1.05. The van der Waals surface area contributed by atoms with E-state index < -0.39 is 18.0 Å². The zero-order valence-corrected chi connectivity index (χ0v) is 16.0. The molecule has 2 aromatic rings. The summed E-state index contributed by atoms with van der Waals surface area (Å²) < 4.78 is 9.88. The van der Waals surface area contributed by atoms with Crippen molar-refractivity contribution in [2.24, 2.45) is 0 Å². The first-order valence-electron chi connectivity index (χ1n) is 8.19. The number of nitrogens with one attached hydrogen (secondary N) is 2. The first-order valence-corrected chi connectivity index (χ1v) is 9.34. The molecule has 0 saturated carbocycles. The van der Waals surface area contributed by atoms with Crippen LogP contribution in [0, 0.1) is 18.3 Å². The Bertz CT molecular complexity index is 888. The van der Waals surface area contributed by atoms with Crippen LogP contribution in [0.3, 0.4) is 0 Å². The number of amides is 2. The molecule has 2 amide bonds. The third-order valence-electron chi connectivity index (χ3n) is 3.31. The Kier molecular flexibility index (Phi) is 7.59. The zero-order valence-electron chi connectivity index (χ0n) is 15.2. The minimum atomic E-state index is -1.00. The van der Waals surface area contributed by atoms with E-state index in [0.717, 1.165) is 11.8 Å². The number of carbonyl (C=O) groups excluding carboxylic acids is 3. The SMILES string of the molecule is Cc1cc(NC(=O)CSCC(=O)O[C@H](C)C(=O)Nc2ccc(C#N)cc2)no1. The quantitative estimate of drug-likeness (QED) is 0.641. The van der Waals surface area contributed by atoms with Crippen molar-refractivity contribution in [3.05, 3.63) is 41.7 Å². The summed E-state index contributed by atoms with van der Waals surface area (Å²) in [6.45, 7) is 3.15. The lowest BCUT2D eigenvalue weighted by atomic mass is 10.2. The number of aromatic nitrogens is 1. The highest BCUT2D eigenvalue weighted by molar-refractivity contribution is 8.00. The Morgan fingerprint density at radius 2 is 1.96 bits per heavy atom. The lowest BCUT2D eigenvalue weighted by molar-refractivity contribution is -0.150. The summed E-state index contributed by atoms with van der Waals surface area (Å²) in [7, 11) is 0. The zero-order chi connectivity index (χ0) is 20.5. The van der Waals surface area contributed by atoms with Crippen LogP contribution >= 0.6 is 11.8 Å². The Labute approximate surface area is 165 Å². The molecule has 0 aliphatic rings. The Hall–Kier alpha value is -3.32. The van der Waals surface area contributed by atoms with Gasteiger partial charge in [-0.1, -0.05) is 5.16 Å². The number of nitriles is 1. The van der Waals surface area contributed by atoms with Crippen molar-refractivity contribution in [3.63, 3.8) is 0 Å². The van der Waals surface area contributed by atoms with Crippen LogP contribution in [0.2, 0.25) is 0 Å². The summed E-state index contributed by atoms with van der Waals surface area (Å²) in [6, 6.07) is 9.84. The Morgan fingerprint density at radius 1 is 1.25 bits per heavy atom. The van der Waals surface area contributed by atoms with E-state index in [0.29, 0.717) is 22.8 Å². The second-order valence-corrected chi connectivity index (χ2v) is 6.66. The van der Waals surface area contributed by atoms with Crippen LogP contribution in [0.5, 0.6) is 0 Å². The average Bonchev–Trinajstić information content (AvgIpc) is 3.06. The maximum atomic E-state index is 12.0. The van der Waals surface area contributed by atoms with Crippen molar-refractivity contribution in [2.45, 2.75) is 20.0 Å². The lowest BCUT2D eigenvalue weighted by Gasteiger charge is -2.13. The van der Waals surface area contributed by atoms with Gasteiger partial charge >= 0.3 is 5.97 Å². The smallest absolute Gasteiger partial charge is 0.316 e. The van der Waals surface area contributed by atoms with E-state index in [4.69, 9.17) is 14.5 Å². The molecule has 146 valence electrons. The van der Waals surface area contributed by atoms with E-state index in [1.807, 2.05) is 6.07 Å². The average molecular weight is 402 g/mol. The summed E-state index contributed by atoms with van der Waals surface area (Å²) in [5, 5.41) is 17.5. The van der Waals surface area contributed by atoms with Crippen LogP contribution in [0.1, 0.15) is 18.2 Å². The van der Waals surface area contributed by atoms with Crippen LogP contribution in [0.25, 0.3) is 0 Å². The molecule has 10 heteroatoms. The van der Waals surface area contributed by atoms with E-state index in [2.05, 4.69) is 15.8 Å². The van der Waals surface area contributed by atoms with Gasteiger partial charge < -0.3 is 19.9 Å². The molecule has 2 rings (SSSR count). The minimum Gasteiger partial charge on any atom is -0.452 e. The number of nitrogens with zero attached hydrogens (tertiary/aromatic N) is 2. The van der Waals surface area contributed by atoms with Crippen molar-refractivity contribution in [1.29, 1.82) is 5.26 Å². The van der Waals surface area contributed by atoms with Gasteiger partial charge in [0.15, 0.2) is 11.9 Å². The predicted molar refractivity (Wildman–Crippen MR) is 103 cm³/mol. The molecule has 0 radical (unpaired) electrons. The first-order chi connectivity index (χ1) is 13.4. The van der Waals surface area contributed by atoms with Crippen LogP contribution in [-0.4, -0.2) is 40.6 Å². The number of anilines is 2. The molecule has 1 heterocycles. The number of thioether (sulfide) groups is 1. The molecule has 28 heavy (non-hydrogen) atoms. The highest BCUT2D eigenvalue weighted by Crippen LogP contribution is 2.11. The summed E-state index contributed by atoms with van der Waals surface area (Å²) in [6.07, 6.45) is -1.00. The van der Waals surface area contributed by atoms with Crippen molar-refractivity contribution in [1.82, 2.24) is 5.16 Å². The van der Waals surface area contributed by atoms with Crippen molar-refractivity contribution >= 4 is 41.1 Å². The van der Waals surface area contributed by atoms with E-state index in [-0.39, 0.29) is 17.4 Å². The molecule has 9 nitrogen and oxygen atoms in total. The van der Waals surface area contributed by atoms with Crippen LogP contribution in [0.15, 0.2) is 34.9 Å². The number of carbonyl (C=O) groups is 3. The molecular weight excluding hydrogens is 384 g/mol. The normalized spacial score (nSPS) is 11.2. The van der Waals surface area contributed by atoms with E-state index in [9.17, 15) is 14.4 Å². The van der Waals surface area contributed by atoms with Crippen molar-refractivity contribution in [2.75, 3.05) is 22.1 Å². The summed E-state index contributed by atoms with van der Waals surface area (Å²) in [4.78, 5) is 35.6. The third kappa shape index (κ3) is 6.77. The van der Waals surface area contributed by atoms with Gasteiger partial charge in [0.25, 0.3) is 5.91 Å². The monoisotopic (exact) mass is 402 g/mol. The number of hydrogen-bond donors (Lipinski definition) is 2. The molecule has 0 bridgehead atoms. The van der Waals surface area contributed by atoms with Gasteiger partial charge in [0.05, 0.1) is 23.1 Å². The molecule has 0 aliphatic carbocycles. The molecule has 1 aromatic carbocycles. The molecule has 1 aromatic heterocycles. The summed E-state index contributed by atoms with van der Waals surface area (Å²) in [5.41, 5.74) is 0.957. The van der Waals surface area contributed by atoms with Crippen molar-refractivity contribution in [3.8, 4) is 6.07 Å². The molecule has 0 spiro atoms. The van der Waals surface area contributed by atoms with Gasteiger partial charge in [0.2, 0.25) is 5.91 Å². The van der Waals surface area contributed by atoms with Crippen LogP contribution < -0.4 is 10.6 Å². The fraction of sp³-hybridized carbons (Fsp3) is 0.278. The lowest BCUT2D eigenvalue weighted by Crippen LogP contribution is -2.30. The Balaban J connectivity index is 1.68. The molecular formula is C18H18N4O5S. The van der Waals surface area contributed by atoms with Gasteiger partial charge in [-0.3, -0.25) is 14.4 Å².